The van der Waals surface area contributed by atoms with E-state index in [1.165, 1.54) is 17.0 Å². The molecular weight excluding hydrogens is 516 g/mol. The average molecular weight is 543 g/mol. The van der Waals surface area contributed by atoms with Crippen LogP contribution in [0.4, 0.5) is 11.4 Å². The third-order valence-electron chi connectivity index (χ3n) is 8.48. The van der Waals surface area contributed by atoms with Crippen LogP contribution in [-0.4, -0.2) is 30.3 Å². The quantitative estimate of drug-likeness (QED) is 0.277. The van der Waals surface area contributed by atoms with Crippen LogP contribution in [0, 0.1) is 18.8 Å². The van der Waals surface area contributed by atoms with Crippen molar-refractivity contribution < 1.29 is 23.9 Å². The minimum Gasteiger partial charge on any atom is -0.452 e. The van der Waals surface area contributed by atoms with Gasteiger partial charge in [0.2, 0.25) is 11.8 Å². The van der Waals surface area contributed by atoms with Gasteiger partial charge < -0.3 is 10.1 Å². The van der Waals surface area contributed by atoms with Crippen molar-refractivity contribution in [2.45, 2.75) is 18.8 Å². The Morgan fingerprint density at radius 3 is 1.68 bits per heavy atom. The van der Waals surface area contributed by atoms with Gasteiger partial charge in [0, 0.05) is 17.5 Å². The smallest absolute Gasteiger partial charge is 0.338 e. The van der Waals surface area contributed by atoms with Gasteiger partial charge in [0.15, 0.2) is 6.61 Å². The first kappa shape index (κ1) is 25.0. The molecule has 0 saturated carbocycles. The Morgan fingerprint density at radius 1 is 0.707 bits per heavy atom. The maximum atomic E-state index is 13.9. The molecule has 4 aromatic carbocycles. The zero-order chi connectivity index (χ0) is 28.2. The van der Waals surface area contributed by atoms with Gasteiger partial charge in [-0.3, -0.25) is 14.4 Å². The van der Waals surface area contributed by atoms with Gasteiger partial charge in [-0.25, -0.2) is 9.69 Å². The lowest BCUT2D eigenvalue weighted by molar-refractivity contribution is -0.122. The molecule has 202 valence electrons. The van der Waals surface area contributed by atoms with Crippen LogP contribution in [0.3, 0.4) is 0 Å². The second-order valence-corrected chi connectivity index (χ2v) is 10.8. The van der Waals surface area contributed by atoms with Crippen molar-refractivity contribution in [2.75, 3.05) is 16.8 Å². The van der Waals surface area contributed by atoms with Crippen LogP contribution in [0.25, 0.3) is 0 Å². The van der Waals surface area contributed by atoms with Crippen LogP contribution in [0.1, 0.15) is 50.0 Å². The van der Waals surface area contributed by atoms with E-state index in [2.05, 4.69) is 29.6 Å². The zero-order valence-corrected chi connectivity index (χ0v) is 22.2. The number of benzene rings is 4. The minimum atomic E-state index is -0.674. The molecule has 0 aromatic heterocycles. The molecule has 2 bridgehead atoms. The maximum Gasteiger partial charge on any atom is 0.338 e. The van der Waals surface area contributed by atoms with E-state index in [0.29, 0.717) is 11.4 Å². The number of anilines is 2. The first-order chi connectivity index (χ1) is 19.9. The summed E-state index contributed by atoms with van der Waals surface area (Å²) < 4.78 is 5.18. The van der Waals surface area contributed by atoms with E-state index in [4.69, 9.17) is 4.74 Å². The Kier molecular flexibility index (Phi) is 5.82. The molecule has 3 aliphatic carbocycles. The normalized spacial score (nSPS) is 21.6. The molecule has 0 radical (unpaired) electrons. The van der Waals surface area contributed by atoms with Crippen LogP contribution >= 0.6 is 0 Å². The van der Waals surface area contributed by atoms with Gasteiger partial charge in [-0.2, -0.15) is 0 Å². The highest BCUT2D eigenvalue weighted by Crippen LogP contribution is 2.61. The van der Waals surface area contributed by atoms with Crippen molar-refractivity contribution in [1.82, 2.24) is 0 Å². The Morgan fingerprint density at radius 2 is 1.20 bits per heavy atom. The molecule has 2 atom stereocenters. The molecule has 0 unspecified atom stereocenters. The molecule has 1 fully saturated rings. The minimum absolute atomic E-state index is 0.181. The van der Waals surface area contributed by atoms with Gasteiger partial charge in [-0.1, -0.05) is 66.2 Å². The Labute approximate surface area is 236 Å². The van der Waals surface area contributed by atoms with E-state index in [-0.39, 0.29) is 29.2 Å². The van der Waals surface area contributed by atoms with E-state index in [1.54, 1.807) is 24.3 Å². The predicted molar refractivity (Wildman–Crippen MR) is 153 cm³/mol. The number of carbonyl (C=O) groups excluding carboxylic acids is 4. The largest absolute Gasteiger partial charge is 0.452 e. The van der Waals surface area contributed by atoms with Crippen LogP contribution in [-0.2, 0) is 19.1 Å². The Balaban J connectivity index is 1.09. The van der Waals surface area contributed by atoms with Crippen LogP contribution in [0.2, 0.25) is 0 Å². The average Bonchev–Trinajstić information content (AvgIpc) is 3.27. The van der Waals surface area contributed by atoms with Gasteiger partial charge >= 0.3 is 5.97 Å². The molecule has 0 spiro atoms. The number of nitrogens with one attached hydrogen (secondary N) is 1. The summed E-state index contributed by atoms with van der Waals surface area (Å²) in [5.74, 6) is -2.89. The topological polar surface area (TPSA) is 92.8 Å². The molecule has 1 aliphatic heterocycles. The van der Waals surface area contributed by atoms with Gasteiger partial charge in [0.25, 0.3) is 5.91 Å². The van der Waals surface area contributed by atoms with Crippen LogP contribution in [0.5, 0.6) is 0 Å². The predicted octanol–water partition coefficient (Wildman–Crippen LogP) is 5.19. The molecule has 1 N–H and O–H groups in total. The third kappa shape index (κ3) is 3.96. The summed E-state index contributed by atoms with van der Waals surface area (Å²) in [6.45, 7) is 1.51. The third-order valence-corrected chi connectivity index (χ3v) is 8.48. The standard InChI is InChI=1S/C34H26N2O5/c1-19-10-14-21(15-11-19)35-27(37)18-41-34(40)20-12-16-22(17-13-20)36-32(38)30-28-23-6-2-3-7-24(23)29(31(30)33(36)39)26-9-5-4-8-25(26)28/h2-17,28-31H,18H2,1H3,(H,35,37)/t28?,29?,30-,31+. The van der Waals surface area contributed by atoms with Gasteiger partial charge in [-0.05, 0) is 65.6 Å². The van der Waals surface area contributed by atoms with Crippen LogP contribution in [0.15, 0.2) is 97.1 Å². The van der Waals surface area contributed by atoms with E-state index in [1.807, 2.05) is 43.3 Å². The summed E-state index contributed by atoms with van der Waals surface area (Å²) in [4.78, 5) is 53.9. The fraction of sp³-hybridized carbons (Fsp3) is 0.176. The van der Waals surface area contributed by atoms with Crippen LogP contribution < -0.4 is 10.2 Å². The van der Waals surface area contributed by atoms with E-state index in [0.717, 1.165) is 27.8 Å². The second-order valence-electron chi connectivity index (χ2n) is 10.8. The number of amides is 3. The number of hydrogen-bond acceptors (Lipinski definition) is 5. The summed E-state index contributed by atoms with van der Waals surface area (Å²) >= 11 is 0. The number of carbonyl (C=O) groups is 4. The van der Waals surface area contributed by atoms with E-state index in [9.17, 15) is 19.2 Å². The molecule has 4 aromatic rings. The van der Waals surface area contributed by atoms with Crippen molar-refractivity contribution in [2.24, 2.45) is 11.8 Å². The molecule has 1 heterocycles. The lowest BCUT2D eigenvalue weighted by atomic mass is 9.55. The van der Waals surface area contributed by atoms with E-state index >= 15 is 0 Å². The molecule has 41 heavy (non-hydrogen) atoms. The first-order valence-electron chi connectivity index (χ1n) is 13.6. The Bertz CT molecular complexity index is 1610. The summed E-state index contributed by atoms with van der Waals surface area (Å²) in [6.07, 6.45) is 0. The molecule has 7 heteroatoms. The lowest BCUT2D eigenvalue weighted by Gasteiger charge is -2.45. The fourth-order valence-corrected chi connectivity index (χ4v) is 6.73. The second kappa shape index (κ2) is 9.55. The van der Waals surface area contributed by atoms with Crippen molar-refractivity contribution >= 4 is 35.1 Å². The highest BCUT2D eigenvalue weighted by atomic mass is 16.5. The summed E-state index contributed by atoms with van der Waals surface area (Å²) in [5, 5.41) is 2.68. The zero-order valence-electron chi connectivity index (χ0n) is 22.2. The molecule has 7 nitrogen and oxygen atoms in total. The highest BCUT2D eigenvalue weighted by molar-refractivity contribution is 6.23. The van der Waals surface area contributed by atoms with Crippen molar-refractivity contribution in [3.63, 3.8) is 0 Å². The summed E-state index contributed by atoms with van der Waals surface area (Å²) in [6, 6.07) is 29.7. The molecule has 1 saturated heterocycles. The fourth-order valence-electron chi connectivity index (χ4n) is 6.73. The molecule has 3 amide bonds. The van der Waals surface area contributed by atoms with E-state index < -0.39 is 30.3 Å². The molecule has 8 rings (SSSR count). The number of hydrogen-bond donors (Lipinski definition) is 1. The Hall–Kier alpha value is -5.04. The number of nitrogens with zero attached hydrogens (tertiary/aromatic N) is 1. The number of esters is 1. The maximum absolute atomic E-state index is 13.9. The SMILES string of the molecule is Cc1ccc(NC(=O)COC(=O)c2ccc(N3C(=O)[C@@H]4C5c6ccccc6C(c6ccccc65)[C@@H]4C3=O)cc2)cc1. The molecule has 4 aliphatic rings. The van der Waals surface area contributed by atoms with Crippen molar-refractivity contribution in [1.29, 1.82) is 0 Å². The van der Waals surface area contributed by atoms with Crippen molar-refractivity contribution in [3.05, 3.63) is 130 Å². The number of imide groups is 1. The molecular formula is C34H26N2O5. The van der Waals surface area contributed by atoms with Crippen molar-refractivity contribution in [3.8, 4) is 0 Å². The number of rotatable bonds is 5. The van der Waals surface area contributed by atoms with Gasteiger partial charge in [0.1, 0.15) is 0 Å². The number of aryl methyl sites for hydroxylation is 1. The van der Waals surface area contributed by atoms with Gasteiger partial charge in [0.05, 0.1) is 23.1 Å². The first-order valence-corrected chi connectivity index (χ1v) is 13.6. The highest BCUT2D eigenvalue weighted by Gasteiger charge is 2.61. The summed E-state index contributed by atoms with van der Waals surface area (Å²) in [5.41, 5.74) is 6.77. The number of ether oxygens (including phenoxy) is 1. The van der Waals surface area contributed by atoms with Gasteiger partial charge in [-0.15, -0.1) is 0 Å². The lowest BCUT2D eigenvalue weighted by Crippen LogP contribution is -2.41. The monoisotopic (exact) mass is 542 g/mol. The summed E-state index contributed by atoms with van der Waals surface area (Å²) in [7, 11) is 0.